The highest BCUT2D eigenvalue weighted by Gasteiger charge is 2.25. The number of nitrogens with zero attached hydrogens (tertiary/aromatic N) is 2. The lowest BCUT2D eigenvalue weighted by Gasteiger charge is -2.32. The third-order valence-electron chi connectivity index (χ3n) is 4.78. The molecule has 3 N–H and O–H groups in total. The number of nitrogens with one attached hydrogen (secondary N) is 2. The highest BCUT2D eigenvalue weighted by atomic mass is 16.4. The third kappa shape index (κ3) is 6.69. The molecule has 0 saturated carbocycles. The van der Waals surface area contributed by atoms with Gasteiger partial charge in [0.15, 0.2) is 5.96 Å². The second-order valence-corrected chi connectivity index (χ2v) is 7.60. The Morgan fingerprint density at radius 3 is 2.36 bits per heavy atom. The molecule has 0 unspecified atom stereocenters. The SMILES string of the molecule is CCNC(=NCc1ncc(C(C)(C)C)o1)NCC(CC)(CC)CCO. The number of hydrogen-bond acceptors (Lipinski definition) is 4. The first-order valence-corrected chi connectivity index (χ1v) is 9.38. The Morgan fingerprint density at radius 1 is 1.20 bits per heavy atom. The summed E-state index contributed by atoms with van der Waals surface area (Å²) in [7, 11) is 0. The van der Waals surface area contributed by atoms with E-state index in [0.29, 0.717) is 12.4 Å². The number of aliphatic hydroxyl groups is 1. The summed E-state index contributed by atoms with van der Waals surface area (Å²) >= 11 is 0. The molecular formula is C19H36N4O2. The monoisotopic (exact) mass is 352 g/mol. The highest BCUT2D eigenvalue weighted by Crippen LogP contribution is 2.29. The van der Waals surface area contributed by atoms with Crippen LogP contribution in [0.2, 0.25) is 0 Å². The molecule has 0 aliphatic rings. The maximum atomic E-state index is 9.36. The first-order valence-electron chi connectivity index (χ1n) is 9.38. The molecule has 0 aromatic carbocycles. The van der Waals surface area contributed by atoms with E-state index >= 15 is 0 Å². The Bertz CT molecular complexity index is 528. The standard InChI is InChI=1S/C19H36N4O2/c1-7-19(8-2,10-11-24)14-23-17(20-9-3)22-13-16-21-12-15(25-16)18(4,5)6/h12,24H,7-11,13-14H2,1-6H3,(H2,20,22,23). The maximum Gasteiger partial charge on any atom is 0.216 e. The fourth-order valence-electron chi connectivity index (χ4n) is 2.67. The number of hydrogen-bond donors (Lipinski definition) is 3. The molecule has 0 atom stereocenters. The van der Waals surface area contributed by atoms with Crippen molar-refractivity contribution in [1.29, 1.82) is 0 Å². The van der Waals surface area contributed by atoms with Gasteiger partial charge in [0.2, 0.25) is 5.89 Å². The van der Waals surface area contributed by atoms with Crippen molar-refractivity contribution in [3.8, 4) is 0 Å². The van der Waals surface area contributed by atoms with E-state index in [2.05, 4.69) is 55.2 Å². The van der Waals surface area contributed by atoms with Gasteiger partial charge in [-0.05, 0) is 31.6 Å². The quantitative estimate of drug-likeness (QED) is 0.469. The van der Waals surface area contributed by atoms with Crippen LogP contribution in [0.25, 0.3) is 0 Å². The molecule has 1 rings (SSSR count). The van der Waals surface area contributed by atoms with Gasteiger partial charge in [-0.3, -0.25) is 0 Å². The van der Waals surface area contributed by atoms with Crippen molar-refractivity contribution in [3.05, 3.63) is 17.8 Å². The van der Waals surface area contributed by atoms with E-state index in [1.807, 2.05) is 6.92 Å². The van der Waals surface area contributed by atoms with Gasteiger partial charge in [0.05, 0.1) is 6.20 Å². The molecule has 0 aliphatic carbocycles. The minimum Gasteiger partial charge on any atom is -0.443 e. The van der Waals surface area contributed by atoms with Gasteiger partial charge in [-0.1, -0.05) is 34.6 Å². The molecule has 0 aliphatic heterocycles. The van der Waals surface area contributed by atoms with Crippen LogP contribution in [-0.2, 0) is 12.0 Å². The zero-order valence-electron chi connectivity index (χ0n) is 16.8. The first-order chi connectivity index (χ1) is 11.8. The van der Waals surface area contributed by atoms with Crippen LogP contribution in [0.1, 0.15) is 72.5 Å². The van der Waals surface area contributed by atoms with Crippen LogP contribution in [-0.4, -0.2) is 35.7 Å². The van der Waals surface area contributed by atoms with Crippen LogP contribution in [0.15, 0.2) is 15.6 Å². The van der Waals surface area contributed by atoms with Crippen LogP contribution in [0.3, 0.4) is 0 Å². The first kappa shape index (κ1) is 21.5. The van der Waals surface area contributed by atoms with Crippen molar-refractivity contribution in [2.24, 2.45) is 10.4 Å². The number of aliphatic imine (C=N–C) groups is 1. The topological polar surface area (TPSA) is 82.7 Å². The summed E-state index contributed by atoms with van der Waals surface area (Å²) in [4.78, 5) is 8.91. The lowest BCUT2D eigenvalue weighted by Crippen LogP contribution is -2.43. The van der Waals surface area contributed by atoms with Gasteiger partial charge in [0, 0.05) is 25.1 Å². The van der Waals surface area contributed by atoms with Crippen molar-refractivity contribution in [2.75, 3.05) is 19.7 Å². The number of aromatic nitrogens is 1. The third-order valence-corrected chi connectivity index (χ3v) is 4.78. The lowest BCUT2D eigenvalue weighted by molar-refractivity contribution is 0.169. The smallest absolute Gasteiger partial charge is 0.216 e. The normalized spacial score (nSPS) is 13.2. The summed E-state index contributed by atoms with van der Waals surface area (Å²) in [5, 5.41) is 16.0. The molecule has 6 nitrogen and oxygen atoms in total. The van der Waals surface area contributed by atoms with E-state index in [1.54, 1.807) is 6.20 Å². The van der Waals surface area contributed by atoms with E-state index in [1.165, 1.54) is 0 Å². The summed E-state index contributed by atoms with van der Waals surface area (Å²) in [5.74, 6) is 2.24. The predicted octanol–water partition coefficient (Wildman–Crippen LogP) is 3.22. The highest BCUT2D eigenvalue weighted by molar-refractivity contribution is 5.79. The summed E-state index contributed by atoms with van der Waals surface area (Å²) in [6.07, 6.45) is 4.61. The van der Waals surface area contributed by atoms with Gasteiger partial charge in [-0.25, -0.2) is 9.98 Å². The molecule has 1 aromatic heterocycles. The second-order valence-electron chi connectivity index (χ2n) is 7.60. The van der Waals surface area contributed by atoms with Crippen molar-refractivity contribution in [1.82, 2.24) is 15.6 Å². The van der Waals surface area contributed by atoms with Crippen molar-refractivity contribution in [2.45, 2.75) is 72.8 Å². The van der Waals surface area contributed by atoms with Crippen LogP contribution in [0.5, 0.6) is 0 Å². The average molecular weight is 353 g/mol. The summed E-state index contributed by atoms with van der Waals surface area (Å²) in [6, 6.07) is 0. The number of guanidine groups is 1. The molecule has 0 saturated heterocycles. The van der Waals surface area contributed by atoms with E-state index < -0.39 is 0 Å². The van der Waals surface area contributed by atoms with Crippen LogP contribution >= 0.6 is 0 Å². The number of rotatable bonds is 9. The average Bonchev–Trinajstić information content (AvgIpc) is 3.05. The lowest BCUT2D eigenvalue weighted by atomic mass is 9.79. The summed E-state index contributed by atoms with van der Waals surface area (Å²) in [5.41, 5.74) is 0.0388. The van der Waals surface area contributed by atoms with Gasteiger partial charge in [-0.2, -0.15) is 0 Å². The Morgan fingerprint density at radius 2 is 1.88 bits per heavy atom. The molecule has 0 radical (unpaired) electrons. The van der Waals surface area contributed by atoms with Crippen molar-refractivity contribution < 1.29 is 9.52 Å². The van der Waals surface area contributed by atoms with Crippen molar-refractivity contribution >= 4 is 5.96 Å². The Labute approximate surface area is 152 Å². The Balaban J connectivity index is 2.75. The summed E-state index contributed by atoms with van der Waals surface area (Å²) in [6.45, 7) is 14.9. The zero-order valence-corrected chi connectivity index (χ0v) is 16.8. The predicted molar refractivity (Wildman–Crippen MR) is 103 cm³/mol. The number of oxazole rings is 1. The molecule has 1 heterocycles. The minimum absolute atomic E-state index is 0.0517. The molecule has 0 spiro atoms. The summed E-state index contributed by atoms with van der Waals surface area (Å²) < 4.78 is 5.80. The Hall–Kier alpha value is -1.56. The fourth-order valence-corrected chi connectivity index (χ4v) is 2.67. The largest absolute Gasteiger partial charge is 0.443 e. The molecular weight excluding hydrogens is 316 g/mol. The van der Waals surface area contributed by atoms with Crippen LogP contribution in [0.4, 0.5) is 0 Å². The van der Waals surface area contributed by atoms with Gasteiger partial charge < -0.3 is 20.2 Å². The van der Waals surface area contributed by atoms with Crippen LogP contribution in [0, 0.1) is 5.41 Å². The minimum atomic E-state index is -0.0517. The molecule has 144 valence electrons. The second kappa shape index (κ2) is 9.80. The van der Waals surface area contributed by atoms with Crippen LogP contribution < -0.4 is 10.6 Å². The van der Waals surface area contributed by atoms with E-state index in [9.17, 15) is 5.11 Å². The van der Waals surface area contributed by atoms with E-state index in [0.717, 1.165) is 44.1 Å². The van der Waals surface area contributed by atoms with E-state index in [4.69, 9.17) is 4.42 Å². The molecule has 25 heavy (non-hydrogen) atoms. The Kier molecular flexibility index (Phi) is 8.42. The zero-order chi connectivity index (χ0) is 18.9. The van der Waals surface area contributed by atoms with Crippen molar-refractivity contribution in [3.63, 3.8) is 0 Å². The molecule has 0 fully saturated rings. The van der Waals surface area contributed by atoms with Gasteiger partial charge >= 0.3 is 0 Å². The molecule has 6 heteroatoms. The number of aliphatic hydroxyl groups excluding tert-OH is 1. The van der Waals surface area contributed by atoms with Gasteiger partial charge in [0.25, 0.3) is 0 Å². The molecule has 0 bridgehead atoms. The molecule has 0 amide bonds. The fraction of sp³-hybridized carbons (Fsp3) is 0.789. The van der Waals surface area contributed by atoms with E-state index in [-0.39, 0.29) is 17.4 Å². The van der Waals surface area contributed by atoms with Gasteiger partial charge in [0.1, 0.15) is 12.3 Å². The maximum absolute atomic E-state index is 9.36. The van der Waals surface area contributed by atoms with Gasteiger partial charge in [-0.15, -0.1) is 0 Å². The molecule has 1 aromatic rings.